The van der Waals surface area contributed by atoms with Crippen LogP contribution in [0.4, 0.5) is 0 Å². The number of fused-ring (bicyclic) bond motifs is 5. The Balaban J connectivity index is 2.11. The number of cyclic esters (lactones) is 1. The SMILES string of the molecule is CCC12C(=O)OCC1C1C=CC2C1. The molecule has 2 fully saturated rings. The molecular formula is C11H14O2. The zero-order chi connectivity index (χ0) is 9.05. The molecule has 0 amide bonds. The van der Waals surface area contributed by atoms with Crippen molar-refractivity contribution >= 4 is 5.97 Å². The number of esters is 1. The number of hydrogen-bond donors (Lipinski definition) is 0. The Bertz CT molecular complexity index is 294. The monoisotopic (exact) mass is 178 g/mol. The predicted molar refractivity (Wildman–Crippen MR) is 47.9 cm³/mol. The van der Waals surface area contributed by atoms with Gasteiger partial charge in [-0.3, -0.25) is 4.79 Å². The fourth-order valence-electron chi connectivity index (χ4n) is 3.61. The summed E-state index contributed by atoms with van der Waals surface area (Å²) in [4.78, 5) is 11.7. The molecular weight excluding hydrogens is 164 g/mol. The van der Waals surface area contributed by atoms with Crippen LogP contribution in [0.5, 0.6) is 0 Å². The van der Waals surface area contributed by atoms with Gasteiger partial charge in [-0.05, 0) is 24.7 Å². The predicted octanol–water partition coefficient (Wildman–Crippen LogP) is 1.76. The zero-order valence-electron chi connectivity index (χ0n) is 7.82. The minimum Gasteiger partial charge on any atom is -0.465 e. The van der Waals surface area contributed by atoms with Crippen molar-refractivity contribution in [3.63, 3.8) is 0 Å². The van der Waals surface area contributed by atoms with Crippen LogP contribution >= 0.6 is 0 Å². The highest BCUT2D eigenvalue weighted by molar-refractivity contribution is 5.81. The van der Waals surface area contributed by atoms with Crippen molar-refractivity contribution in [2.75, 3.05) is 6.61 Å². The topological polar surface area (TPSA) is 26.3 Å². The van der Waals surface area contributed by atoms with E-state index in [1.165, 1.54) is 6.42 Å². The maximum absolute atomic E-state index is 11.7. The summed E-state index contributed by atoms with van der Waals surface area (Å²) in [5.41, 5.74) is -0.126. The quantitative estimate of drug-likeness (QED) is 0.452. The Morgan fingerprint density at radius 3 is 3.15 bits per heavy atom. The van der Waals surface area contributed by atoms with E-state index in [9.17, 15) is 4.79 Å². The number of hydrogen-bond acceptors (Lipinski definition) is 2. The minimum absolute atomic E-state index is 0.0665. The summed E-state index contributed by atoms with van der Waals surface area (Å²) in [6.07, 6.45) is 6.65. The maximum Gasteiger partial charge on any atom is 0.313 e. The van der Waals surface area contributed by atoms with Gasteiger partial charge in [0, 0.05) is 5.92 Å². The maximum atomic E-state index is 11.7. The molecule has 2 nitrogen and oxygen atoms in total. The van der Waals surface area contributed by atoms with Gasteiger partial charge in [0.15, 0.2) is 0 Å². The van der Waals surface area contributed by atoms with Crippen molar-refractivity contribution in [3.05, 3.63) is 12.2 Å². The van der Waals surface area contributed by atoms with E-state index < -0.39 is 0 Å². The molecule has 0 N–H and O–H groups in total. The smallest absolute Gasteiger partial charge is 0.313 e. The molecule has 1 aliphatic heterocycles. The number of rotatable bonds is 1. The van der Waals surface area contributed by atoms with Crippen LogP contribution in [0, 0.1) is 23.2 Å². The van der Waals surface area contributed by atoms with E-state index in [0.717, 1.165) is 6.42 Å². The van der Waals surface area contributed by atoms with E-state index in [4.69, 9.17) is 4.74 Å². The second-order valence-corrected chi connectivity index (χ2v) is 4.49. The van der Waals surface area contributed by atoms with Gasteiger partial charge in [-0.15, -0.1) is 0 Å². The van der Waals surface area contributed by atoms with Crippen LogP contribution in [0.25, 0.3) is 0 Å². The minimum atomic E-state index is -0.126. The number of allylic oxidation sites excluding steroid dienone is 2. The standard InChI is InChI=1S/C11H14O2/c1-2-11-8-4-3-7(5-8)9(11)6-13-10(11)12/h3-4,7-9H,2,5-6H2,1H3. The number of ether oxygens (including phenoxy) is 1. The summed E-state index contributed by atoms with van der Waals surface area (Å²) in [6.45, 7) is 2.78. The number of carbonyl (C=O) groups excluding carboxylic acids is 1. The van der Waals surface area contributed by atoms with Crippen molar-refractivity contribution in [2.24, 2.45) is 23.2 Å². The third-order valence-electron chi connectivity index (χ3n) is 4.32. The average Bonchev–Trinajstić information content (AvgIpc) is 2.76. The zero-order valence-corrected chi connectivity index (χ0v) is 7.82. The first kappa shape index (κ1) is 7.60. The molecule has 0 aromatic rings. The molecule has 3 aliphatic rings. The van der Waals surface area contributed by atoms with Gasteiger partial charge in [-0.25, -0.2) is 0 Å². The second-order valence-electron chi connectivity index (χ2n) is 4.49. The fourth-order valence-corrected chi connectivity index (χ4v) is 3.61. The first-order valence-corrected chi connectivity index (χ1v) is 5.14. The molecule has 4 unspecified atom stereocenters. The van der Waals surface area contributed by atoms with Crippen molar-refractivity contribution in [3.8, 4) is 0 Å². The Morgan fingerprint density at radius 1 is 1.62 bits per heavy atom. The average molecular weight is 178 g/mol. The van der Waals surface area contributed by atoms with Crippen molar-refractivity contribution in [1.29, 1.82) is 0 Å². The van der Waals surface area contributed by atoms with Gasteiger partial charge in [0.1, 0.15) is 0 Å². The molecule has 0 radical (unpaired) electrons. The third-order valence-corrected chi connectivity index (χ3v) is 4.32. The largest absolute Gasteiger partial charge is 0.465 e. The first-order chi connectivity index (χ1) is 6.29. The summed E-state index contributed by atoms with van der Waals surface area (Å²) in [7, 11) is 0. The molecule has 13 heavy (non-hydrogen) atoms. The Labute approximate surface area is 78.0 Å². The van der Waals surface area contributed by atoms with E-state index in [-0.39, 0.29) is 11.4 Å². The van der Waals surface area contributed by atoms with Crippen LogP contribution in [-0.2, 0) is 9.53 Å². The van der Waals surface area contributed by atoms with Crippen LogP contribution in [0.1, 0.15) is 19.8 Å². The highest BCUT2D eigenvalue weighted by atomic mass is 16.5. The third kappa shape index (κ3) is 0.651. The molecule has 0 aromatic heterocycles. The molecule has 70 valence electrons. The lowest BCUT2D eigenvalue weighted by Crippen LogP contribution is -2.36. The van der Waals surface area contributed by atoms with Crippen LogP contribution in [0.2, 0.25) is 0 Å². The van der Waals surface area contributed by atoms with Gasteiger partial charge in [-0.2, -0.15) is 0 Å². The molecule has 1 heterocycles. The highest BCUT2D eigenvalue weighted by Crippen LogP contribution is 2.61. The van der Waals surface area contributed by atoms with E-state index in [0.29, 0.717) is 24.4 Å². The Kier molecular flexibility index (Phi) is 1.27. The van der Waals surface area contributed by atoms with Gasteiger partial charge in [0.2, 0.25) is 0 Å². The van der Waals surface area contributed by atoms with Gasteiger partial charge in [-0.1, -0.05) is 19.1 Å². The first-order valence-electron chi connectivity index (χ1n) is 5.14. The molecule has 4 atom stereocenters. The van der Waals surface area contributed by atoms with Gasteiger partial charge in [0.25, 0.3) is 0 Å². The summed E-state index contributed by atoms with van der Waals surface area (Å²) in [5, 5.41) is 0. The summed E-state index contributed by atoms with van der Waals surface area (Å²) in [5.74, 6) is 1.65. The van der Waals surface area contributed by atoms with Crippen molar-refractivity contribution < 1.29 is 9.53 Å². The van der Waals surface area contributed by atoms with E-state index >= 15 is 0 Å². The van der Waals surface area contributed by atoms with Crippen molar-refractivity contribution in [1.82, 2.24) is 0 Å². The van der Waals surface area contributed by atoms with Crippen LogP contribution in [-0.4, -0.2) is 12.6 Å². The Hall–Kier alpha value is -0.790. The molecule has 0 spiro atoms. The van der Waals surface area contributed by atoms with Gasteiger partial charge in [0.05, 0.1) is 12.0 Å². The number of carbonyl (C=O) groups is 1. The van der Waals surface area contributed by atoms with Crippen LogP contribution in [0.3, 0.4) is 0 Å². The molecule has 2 heteroatoms. The Morgan fingerprint density at radius 2 is 2.46 bits per heavy atom. The summed E-state index contributed by atoms with van der Waals surface area (Å²) >= 11 is 0. The highest BCUT2D eigenvalue weighted by Gasteiger charge is 2.63. The van der Waals surface area contributed by atoms with Gasteiger partial charge >= 0.3 is 5.97 Å². The van der Waals surface area contributed by atoms with Crippen LogP contribution in [0.15, 0.2) is 12.2 Å². The van der Waals surface area contributed by atoms with E-state index in [2.05, 4.69) is 19.1 Å². The lowest BCUT2D eigenvalue weighted by molar-refractivity contribution is -0.148. The second kappa shape index (κ2) is 2.17. The molecule has 3 rings (SSSR count). The van der Waals surface area contributed by atoms with E-state index in [1.54, 1.807) is 0 Å². The lowest BCUT2D eigenvalue weighted by Gasteiger charge is -2.30. The van der Waals surface area contributed by atoms with Crippen molar-refractivity contribution in [2.45, 2.75) is 19.8 Å². The summed E-state index contributed by atoms with van der Waals surface area (Å²) in [6, 6.07) is 0. The lowest BCUT2D eigenvalue weighted by atomic mass is 9.68. The van der Waals surface area contributed by atoms with Gasteiger partial charge < -0.3 is 4.74 Å². The molecule has 1 saturated heterocycles. The molecule has 2 bridgehead atoms. The molecule has 1 saturated carbocycles. The van der Waals surface area contributed by atoms with Crippen LogP contribution < -0.4 is 0 Å². The fraction of sp³-hybridized carbons (Fsp3) is 0.727. The molecule has 2 aliphatic carbocycles. The normalized spacial score (nSPS) is 51.2. The van der Waals surface area contributed by atoms with E-state index in [1.807, 2.05) is 0 Å². The summed E-state index contributed by atoms with van der Waals surface area (Å²) < 4.78 is 5.22. The molecule has 0 aromatic carbocycles.